The number of hydrogen-bond donors (Lipinski definition) is 1. The number of aliphatic hydroxyl groups excluding tert-OH is 1. The molecule has 0 aromatic rings. The number of likely N-dealkylation sites (tertiary alicyclic amines) is 1. The van der Waals surface area contributed by atoms with Crippen LogP contribution in [0.25, 0.3) is 0 Å². The van der Waals surface area contributed by atoms with E-state index in [0.29, 0.717) is 6.04 Å². The average molecular weight is 253 g/mol. The highest BCUT2D eigenvalue weighted by molar-refractivity contribution is 4.91. The van der Waals surface area contributed by atoms with Gasteiger partial charge in [-0.15, -0.1) is 0 Å². The van der Waals surface area contributed by atoms with E-state index in [4.69, 9.17) is 0 Å². The highest BCUT2D eigenvalue weighted by Crippen LogP contribution is 2.34. The summed E-state index contributed by atoms with van der Waals surface area (Å²) in [4.78, 5) is 2.68. The molecular weight excluding hydrogens is 222 g/mol. The van der Waals surface area contributed by atoms with Crippen LogP contribution >= 0.6 is 0 Å². The van der Waals surface area contributed by atoms with Gasteiger partial charge in [0.1, 0.15) is 0 Å². The molecule has 2 nitrogen and oxygen atoms in total. The first kappa shape index (κ1) is 14.3. The lowest BCUT2D eigenvalue weighted by Gasteiger charge is -2.46. The fourth-order valence-corrected chi connectivity index (χ4v) is 4.05. The minimum atomic E-state index is -0.0646. The van der Waals surface area contributed by atoms with E-state index in [9.17, 15) is 5.11 Å². The van der Waals surface area contributed by atoms with Gasteiger partial charge in [-0.05, 0) is 51.0 Å². The summed E-state index contributed by atoms with van der Waals surface area (Å²) in [5.41, 5.74) is 0. The first-order valence-corrected chi connectivity index (χ1v) is 8.20. The minimum absolute atomic E-state index is 0.0646. The van der Waals surface area contributed by atoms with Crippen molar-refractivity contribution in [3.05, 3.63) is 0 Å². The average Bonchev–Trinajstić information content (AvgIpc) is 2.41. The second kappa shape index (κ2) is 6.91. The molecular formula is C16H31NO. The van der Waals surface area contributed by atoms with Crippen molar-refractivity contribution in [2.45, 2.75) is 89.8 Å². The molecule has 1 aliphatic heterocycles. The third kappa shape index (κ3) is 3.27. The highest BCUT2D eigenvalue weighted by Gasteiger charge is 2.36. The molecule has 0 amide bonds. The molecule has 0 aromatic carbocycles. The van der Waals surface area contributed by atoms with Gasteiger partial charge >= 0.3 is 0 Å². The third-order valence-corrected chi connectivity index (χ3v) is 5.19. The molecule has 0 spiro atoms. The number of nitrogens with zero attached hydrogens (tertiary/aromatic N) is 1. The highest BCUT2D eigenvalue weighted by atomic mass is 16.3. The van der Waals surface area contributed by atoms with Gasteiger partial charge in [0.15, 0.2) is 0 Å². The smallest absolute Gasteiger partial charge is 0.0695 e. The van der Waals surface area contributed by atoms with Crippen LogP contribution in [0.3, 0.4) is 0 Å². The standard InChI is InChI=1S/C16H31NO/c1-3-7-14-8-5-6-11-17(14)15-12-13(4-2)9-10-16(15)18/h13-16,18H,3-12H2,1-2H3. The fraction of sp³-hybridized carbons (Fsp3) is 1.00. The van der Waals surface area contributed by atoms with E-state index >= 15 is 0 Å². The van der Waals surface area contributed by atoms with Crippen molar-refractivity contribution in [2.24, 2.45) is 5.92 Å². The van der Waals surface area contributed by atoms with Gasteiger partial charge in [0, 0.05) is 12.1 Å². The quantitative estimate of drug-likeness (QED) is 0.828. The van der Waals surface area contributed by atoms with E-state index in [1.165, 1.54) is 57.9 Å². The van der Waals surface area contributed by atoms with Gasteiger partial charge in [0.25, 0.3) is 0 Å². The van der Waals surface area contributed by atoms with Crippen LogP contribution in [0.15, 0.2) is 0 Å². The van der Waals surface area contributed by atoms with Crippen molar-refractivity contribution in [3.8, 4) is 0 Å². The molecule has 2 rings (SSSR count). The maximum Gasteiger partial charge on any atom is 0.0695 e. The minimum Gasteiger partial charge on any atom is -0.391 e. The van der Waals surface area contributed by atoms with Crippen molar-refractivity contribution in [1.82, 2.24) is 4.90 Å². The van der Waals surface area contributed by atoms with E-state index in [-0.39, 0.29) is 6.10 Å². The van der Waals surface area contributed by atoms with Crippen LogP contribution in [0.1, 0.15) is 71.6 Å². The van der Waals surface area contributed by atoms with Gasteiger partial charge in [0.05, 0.1) is 6.10 Å². The number of hydrogen-bond acceptors (Lipinski definition) is 2. The molecule has 1 heterocycles. The van der Waals surface area contributed by atoms with Crippen LogP contribution in [-0.4, -0.2) is 34.7 Å². The van der Waals surface area contributed by atoms with Crippen LogP contribution in [0.5, 0.6) is 0 Å². The lowest BCUT2D eigenvalue weighted by atomic mass is 9.80. The molecule has 0 radical (unpaired) electrons. The van der Waals surface area contributed by atoms with Gasteiger partial charge in [-0.25, -0.2) is 0 Å². The van der Waals surface area contributed by atoms with E-state index in [1.807, 2.05) is 0 Å². The van der Waals surface area contributed by atoms with E-state index < -0.39 is 0 Å². The fourth-order valence-electron chi connectivity index (χ4n) is 4.05. The molecule has 2 heteroatoms. The van der Waals surface area contributed by atoms with Crippen LogP contribution in [-0.2, 0) is 0 Å². The van der Waals surface area contributed by atoms with Crippen molar-refractivity contribution in [2.75, 3.05) is 6.54 Å². The number of aliphatic hydroxyl groups is 1. The van der Waals surface area contributed by atoms with Crippen LogP contribution < -0.4 is 0 Å². The first-order valence-electron chi connectivity index (χ1n) is 8.20. The lowest BCUT2D eigenvalue weighted by Crippen LogP contribution is -2.53. The predicted molar refractivity (Wildman–Crippen MR) is 76.7 cm³/mol. The Balaban J connectivity index is 2.01. The van der Waals surface area contributed by atoms with Crippen molar-refractivity contribution >= 4 is 0 Å². The Morgan fingerprint density at radius 2 is 1.94 bits per heavy atom. The summed E-state index contributed by atoms with van der Waals surface area (Å²) in [7, 11) is 0. The monoisotopic (exact) mass is 253 g/mol. The van der Waals surface area contributed by atoms with Crippen LogP contribution in [0.4, 0.5) is 0 Å². The van der Waals surface area contributed by atoms with Crippen molar-refractivity contribution in [3.63, 3.8) is 0 Å². The van der Waals surface area contributed by atoms with Crippen molar-refractivity contribution in [1.29, 1.82) is 0 Å². The summed E-state index contributed by atoms with van der Waals surface area (Å²) in [5.74, 6) is 0.850. The maximum absolute atomic E-state index is 10.4. The number of rotatable bonds is 4. The molecule has 106 valence electrons. The Bertz CT molecular complexity index is 241. The Labute approximate surface area is 113 Å². The van der Waals surface area contributed by atoms with Gasteiger partial charge in [0.2, 0.25) is 0 Å². The summed E-state index contributed by atoms with van der Waals surface area (Å²) in [6.07, 6.45) is 11.4. The van der Waals surface area contributed by atoms with Gasteiger partial charge in [-0.3, -0.25) is 4.90 Å². The Morgan fingerprint density at radius 3 is 2.67 bits per heavy atom. The number of piperidine rings is 1. The third-order valence-electron chi connectivity index (χ3n) is 5.19. The Hall–Kier alpha value is -0.0800. The molecule has 1 N–H and O–H groups in total. The predicted octanol–water partition coefficient (Wildman–Crippen LogP) is 3.58. The second-order valence-electron chi connectivity index (χ2n) is 6.40. The van der Waals surface area contributed by atoms with E-state index in [0.717, 1.165) is 18.4 Å². The zero-order valence-corrected chi connectivity index (χ0v) is 12.3. The molecule has 4 atom stereocenters. The normalized spacial score (nSPS) is 38.8. The van der Waals surface area contributed by atoms with Gasteiger partial charge in [-0.2, -0.15) is 0 Å². The lowest BCUT2D eigenvalue weighted by molar-refractivity contribution is -0.0306. The van der Waals surface area contributed by atoms with Gasteiger partial charge in [-0.1, -0.05) is 33.1 Å². The summed E-state index contributed by atoms with van der Waals surface area (Å²) in [6.45, 7) is 5.82. The molecule has 1 saturated carbocycles. The molecule has 0 aromatic heterocycles. The van der Waals surface area contributed by atoms with Gasteiger partial charge < -0.3 is 5.11 Å². The van der Waals surface area contributed by atoms with E-state index in [1.54, 1.807) is 0 Å². The summed E-state index contributed by atoms with van der Waals surface area (Å²) in [6, 6.07) is 1.21. The summed E-state index contributed by atoms with van der Waals surface area (Å²) in [5, 5.41) is 10.4. The molecule has 0 bridgehead atoms. The van der Waals surface area contributed by atoms with Crippen LogP contribution in [0, 0.1) is 5.92 Å². The molecule has 4 unspecified atom stereocenters. The molecule has 2 aliphatic rings. The molecule has 1 saturated heterocycles. The molecule has 2 fully saturated rings. The molecule has 18 heavy (non-hydrogen) atoms. The second-order valence-corrected chi connectivity index (χ2v) is 6.40. The zero-order valence-electron chi connectivity index (χ0n) is 12.3. The SMILES string of the molecule is CCCC1CCCCN1C1CC(CC)CCC1O. The zero-order chi connectivity index (χ0) is 13.0. The first-order chi connectivity index (χ1) is 8.76. The topological polar surface area (TPSA) is 23.5 Å². The van der Waals surface area contributed by atoms with Crippen molar-refractivity contribution < 1.29 is 5.11 Å². The Morgan fingerprint density at radius 1 is 1.11 bits per heavy atom. The molecule has 1 aliphatic carbocycles. The maximum atomic E-state index is 10.4. The summed E-state index contributed by atoms with van der Waals surface area (Å²) >= 11 is 0. The largest absolute Gasteiger partial charge is 0.391 e. The Kier molecular flexibility index (Phi) is 5.50. The van der Waals surface area contributed by atoms with E-state index in [2.05, 4.69) is 18.7 Å². The summed E-state index contributed by atoms with van der Waals surface area (Å²) < 4.78 is 0. The van der Waals surface area contributed by atoms with Crippen LogP contribution in [0.2, 0.25) is 0 Å².